The highest BCUT2D eigenvalue weighted by atomic mass is 16.5. The third-order valence-electron chi connectivity index (χ3n) is 5.25. The number of aromatic carboxylic acids is 1. The van der Waals surface area contributed by atoms with Crippen molar-refractivity contribution in [2.24, 2.45) is 0 Å². The first kappa shape index (κ1) is 22.8. The summed E-state index contributed by atoms with van der Waals surface area (Å²) >= 11 is 0. The summed E-state index contributed by atoms with van der Waals surface area (Å²) in [6.07, 6.45) is 1.23. The minimum atomic E-state index is -1.79. The van der Waals surface area contributed by atoms with Crippen LogP contribution in [-0.2, 0) is 17.6 Å². The molecule has 1 unspecified atom stereocenters. The second-order valence-electron chi connectivity index (χ2n) is 7.91. The van der Waals surface area contributed by atoms with Crippen LogP contribution in [0.4, 0.5) is 0 Å². The van der Waals surface area contributed by atoms with Gasteiger partial charge in [-0.15, -0.1) is 0 Å². The molecule has 0 spiro atoms. The third kappa shape index (κ3) is 6.82. The van der Waals surface area contributed by atoms with Crippen LogP contribution in [0.3, 0.4) is 0 Å². The van der Waals surface area contributed by atoms with Gasteiger partial charge in [0.1, 0.15) is 11.9 Å². The number of benzene rings is 2. The smallest absolute Gasteiger partial charge is 0.475 e. The number of carbonyl (C=O) groups is 2. The van der Waals surface area contributed by atoms with Crippen LogP contribution >= 0.6 is 0 Å². The Bertz CT molecular complexity index is 922. The normalized spacial score (nSPS) is 17.2. The lowest BCUT2D eigenvalue weighted by Crippen LogP contribution is -2.48. The molecular formula is C22H27BN2O6. The summed E-state index contributed by atoms with van der Waals surface area (Å²) in [6, 6.07) is 13.5. The number of carboxylic acids is 1. The molecule has 0 saturated carbocycles. The van der Waals surface area contributed by atoms with Crippen LogP contribution < -0.4 is 10.1 Å². The number of amides is 1. The number of hydrogen-bond donors (Lipinski definition) is 4. The average molecular weight is 426 g/mol. The zero-order valence-electron chi connectivity index (χ0n) is 17.4. The van der Waals surface area contributed by atoms with Gasteiger partial charge in [0.25, 0.3) is 0 Å². The standard InChI is InChI=1S/C22H27BN2O6/c1-25-9-8-19(14-25)31-18-7-3-5-16(11-18)13-21(26)24-20(23(29)30)12-15-4-2-6-17(10-15)22(27)28/h2-7,10-11,19-20,29-30H,8-9,12-14H2,1H3,(H,24,26)(H,27,28)/t19?,20-/m0/s1. The Hall–Kier alpha value is -2.88. The Morgan fingerprint density at radius 1 is 1.19 bits per heavy atom. The first-order valence-electron chi connectivity index (χ1n) is 10.2. The number of likely N-dealkylation sites (N-methyl/N-ethyl adjacent to an activating group) is 1. The fourth-order valence-electron chi connectivity index (χ4n) is 3.67. The number of nitrogens with one attached hydrogen (secondary N) is 1. The number of likely N-dealkylation sites (tertiary alicyclic amines) is 1. The Kier molecular flexibility index (Phi) is 7.67. The van der Waals surface area contributed by atoms with Crippen molar-refractivity contribution in [2.75, 3.05) is 20.1 Å². The van der Waals surface area contributed by atoms with Gasteiger partial charge in [0.2, 0.25) is 5.91 Å². The van der Waals surface area contributed by atoms with E-state index in [9.17, 15) is 19.6 Å². The van der Waals surface area contributed by atoms with E-state index >= 15 is 0 Å². The number of rotatable bonds is 9. The lowest BCUT2D eigenvalue weighted by atomic mass is 9.75. The summed E-state index contributed by atoms with van der Waals surface area (Å²) in [5.74, 6) is -1.71. The Balaban J connectivity index is 1.59. The summed E-state index contributed by atoms with van der Waals surface area (Å²) in [7, 11) is 0.264. The van der Waals surface area contributed by atoms with Crippen LogP contribution in [0.15, 0.2) is 48.5 Å². The van der Waals surface area contributed by atoms with Crippen LogP contribution in [0.5, 0.6) is 5.75 Å². The van der Waals surface area contributed by atoms with Gasteiger partial charge in [0, 0.05) is 13.1 Å². The molecule has 1 heterocycles. The maximum Gasteiger partial charge on any atom is 0.475 e. The number of nitrogens with zero attached hydrogens (tertiary/aromatic N) is 1. The summed E-state index contributed by atoms with van der Waals surface area (Å²) in [5, 5.41) is 31.1. The Labute approximate surface area is 181 Å². The van der Waals surface area contributed by atoms with Gasteiger partial charge in [-0.25, -0.2) is 4.79 Å². The van der Waals surface area contributed by atoms with Crippen LogP contribution in [0.25, 0.3) is 0 Å². The molecule has 1 saturated heterocycles. The summed E-state index contributed by atoms with van der Waals surface area (Å²) in [5.41, 5.74) is 1.43. The van der Waals surface area contributed by atoms with Gasteiger partial charge in [-0.05, 0) is 55.3 Å². The number of hydrogen-bond acceptors (Lipinski definition) is 6. The quantitative estimate of drug-likeness (QED) is 0.437. The largest absolute Gasteiger partial charge is 0.489 e. The van der Waals surface area contributed by atoms with Gasteiger partial charge in [-0.1, -0.05) is 24.3 Å². The maximum atomic E-state index is 12.5. The van der Waals surface area contributed by atoms with E-state index in [0.717, 1.165) is 25.1 Å². The van der Waals surface area contributed by atoms with Gasteiger partial charge in [-0.2, -0.15) is 0 Å². The van der Waals surface area contributed by atoms with E-state index in [0.29, 0.717) is 11.3 Å². The highest BCUT2D eigenvalue weighted by Crippen LogP contribution is 2.19. The molecule has 0 bridgehead atoms. The summed E-state index contributed by atoms with van der Waals surface area (Å²) in [6.45, 7) is 1.86. The second-order valence-corrected chi connectivity index (χ2v) is 7.91. The van der Waals surface area contributed by atoms with Gasteiger partial charge in [0.05, 0.1) is 17.9 Å². The first-order valence-corrected chi connectivity index (χ1v) is 10.2. The molecule has 8 nitrogen and oxygen atoms in total. The van der Waals surface area contributed by atoms with Crippen molar-refractivity contribution in [3.8, 4) is 5.75 Å². The average Bonchev–Trinajstić information content (AvgIpc) is 3.12. The number of ether oxygens (including phenoxy) is 1. The van der Waals surface area contributed by atoms with Crippen molar-refractivity contribution in [1.82, 2.24) is 10.2 Å². The maximum absolute atomic E-state index is 12.5. The van der Waals surface area contributed by atoms with Crippen LogP contribution in [0.1, 0.15) is 27.9 Å². The zero-order chi connectivity index (χ0) is 22.4. The molecular weight excluding hydrogens is 399 g/mol. The SMILES string of the molecule is CN1CCC(Oc2cccc(CC(=O)N[C@@H](Cc3cccc(C(=O)O)c3)B(O)O)c2)C1. The minimum absolute atomic E-state index is 0.0557. The zero-order valence-corrected chi connectivity index (χ0v) is 17.4. The molecule has 9 heteroatoms. The molecule has 2 atom stereocenters. The molecule has 2 aromatic rings. The Morgan fingerprint density at radius 3 is 2.61 bits per heavy atom. The van der Waals surface area contributed by atoms with Crippen LogP contribution in [-0.4, -0.2) is 71.2 Å². The van der Waals surface area contributed by atoms with Crippen molar-refractivity contribution in [3.63, 3.8) is 0 Å². The lowest BCUT2D eigenvalue weighted by molar-refractivity contribution is -0.120. The molecule has 164 valence electrons. The van der Waals surface area contributed by atoms with Crippen molar-refractivity contribution >= 4 is 19.0 Å². The predicted octanol–water partition coefficient (Wildman–Crippen LogP) is 0.750. The van der Waals surface area contributed by atoms with E-state index in [1.165, 1.54) is 12.1 Å². The molecule has 0 aliphatic carbocycles. The van der Waals surface area contributed by atoms with Crippen molar-refractivity contribution < 1.29 is 29.5 Å². The van der Waals surface area contributed by atoms with Gasteiger partial charge < -0.3 is 30.1 Å². The fraction of sp³-hybridized carbons (Fsp3) is 0.364. The van der Waals surface area contributed by atoms with Crippen LogP contribution in [0.2, 0.25) is 0 Å². The first-order chi connectivity index (χ1) is 14.8. The molecule has 1 aliphatic rings. The summed E-state index contributed by atoms with van der Waals surface area (Å²) in [4.78, 5) is 25.8. The van der Waals surface area contributed by atoms with Crippen LogP contribution in [0, 0.1) is 0 Å². The van der Waals surface area contributed by atoms with E-state index in [4.69, 9.17) is 9.84 Å². The fourth-order valence-corrected chi connectivity index (χ4v) is 3.67. The van der Waals surface area contributed by atoms with E-state index in [2.05, 4.69) is 10.2 Å². The molecule has 1 amide bonds. The molecule has 1 aliphatic heterocycles. The monoisotopic (exact) mass is 426 g/mol. The highest BCUT2D eigenvalue weighted by molar-refractivity contribution is 6.43. The highest BCUT2D eigenvalue weighted by Gasteiger charge is 2.26. The molecule has 0 radical (unpaired) electrons. The summed E-state index contributed by atoms with van der Waals surface area (Å²) < 4.78 is 6.00. The van der Waals surface area contributed by atoms with E-state index in [-0.39, 0.29) is 30.4 Å². The molecule has 31 heavy (non-hydrogen) atoms. The number of carbonyl (C=O) groups excluding carboxylic acids is 1. The van der Waals surface area contributed by atoms with E-state index in [1.807, 2.05) is 31.3 Å². The minimum Gasteiger partial charge on any atom is -0.489 e. The van der Waals surface area contributed by atoms with Gasteiger partial charge >= 0.3 is 13.1 Å². The van der Waals surface area contributed by atoms with Gasteiger partial charge in [0.15, 0.2) is 0 Å². The Morgan fingerprint density at radius 2 is 1.94 bits per heavy atom. The van der Waals surface area contributed by atoms with E-state index in [1.54, 1.807) is 12.1 Å². The molecule has 0 aromatic heterocycles. The van der Waals surface area contributed by atoms with Gasteiger partial charge in [-0.3, -0.25) is 4.79 Å². The van der Waals surface area contributed by atoms with Crippen molar-refractivity contribution in [3.05, 3.63) is 65.2 Å². The predicted molar refractivity (Wildman–Crippen MR) is 116 cm³/mol. The molecule has 3 rings (SSSR count). The third-order valence-corrected chi connectivity index (χ3v) is 5.25. The second kappa shape index (κ2) is 10.4. The number of carboxylic acid groups (broad SMARTS) is 1. The topological polar surface area (TPSA) is 119 Å². The molecule has 2 aromatic carbocycles. The van der Waals surface area contributed by atoms with Crippen molar-refractivity contribution in [1.29, 1.82) is 0 Å². The molecule has 4 N–H and O–H groups in total. The molecule has 1 fully saturated rings. The van der Waals surface area contributed by atoms with E-state index < -0.39 is 19.0 Å². The van der Waals surface area contributed by atoms with Crippen molar-refractivity contribution in [2.45, 2.75) is 31.3 Å². The lowest BCUT2D eigenvalue weighted by Gasteiger charge is -2.18.